The summed E-state index contributed by atoms with van der Waals surface area (Å²) < 4.78 is 4.22. The second-order valence-electron chi connectivity index (χ2n) is 7.45. The highest BCUT2D eigenvalue weighted by atomic mass is 15.7. The normalized spacial score (nSPS) is 23.9. The fourth-order valence-corrected chi connectivity index (χ4v) is 4.40. The summed E-state index contributed by atoms with van der Waals surface area (Å²) in [4.78, 5) is 11.9. The van der Waals surface area contributed by atoms with Gasteiger partial charge >= 0.3 is 0 Å². The molecule has 28 heavy (non-hydrogen) atoms. The van der Waals surface area contributed by atoms with Crippen LogP contribution in [0.3, 0.4) is 0 Å². The number of hydrogen-bond donors (Lipinski definition) is 1. The highest BCUT2D eigenvalue weighted by Crippen LogP contribution is 2.37. The number of guanidine groups is 1. The van der Waals surface area contributed by atoms with Gasteiger partial charge in [-0.2, -0.15) is 0 Å². The Labute approximate surface area is 162 Å². The highest BCUT2D eigenvalue weighted by Gasteiger charge is 2.38. The topological polar surface area (TPSA) is 79.4 Å². The Bertz CT molecular complexity index is 1060. The summed E-state index contributed by atoms with van der Waals surface area (Å²) in [6, 6.07) is 8.36. The maximum absolute atomic E-state index is 4.98. The van der Waals surface area contributed by atoms with Gasteiger partial charge in [0.2, 0.25) is 11.9 Å². The van der Waals surface area contributed by atoms with E-state index in [4.69, 9.17) is 9.98 Å². The van der Waals surface area contributed by atoms with Crippen LogP contribution in [-0.2, 0) is 0 Å². The zero-order chi connectivity index (χ0) is 18.5. The first kappa shape index (κ1) is 15.7. The van der Waals surface area contributed by atoms with Gasteiger partial charge in [0, 0.05) is 5.92 Å². The summed E-state index contributed by atoms with van der Waals surface area (Å²) in [5.74, 6) is 2.35. The van der Waals surface area contributed by atoms with Crippen molar-refractivity contribution in [2.75, 3.05) is 23.2 Å². The lowest BCUT2D eigenvalue weighted by Crippen LogP contribution is -2.60. The van der Waals surface area contributed by atoms with Gasteiger partial charge in [-0.1, -0.05) is 24.3 Å². The molecule has 0 saturated heterocycles. The third-order valence-corrected chi connectivity index (χ3v) is 5.81. The lowest BCUT2D eigenvalue weighted by molar-refractivity contribution is 0.282. The number of fused-ring (bicyclic) bond motifs is 5. The number of allylic oxidation sites excluding steroid dienone is 2. The molecule has 2 unspecified atom stereocenters. The van der Waals surface area contributed by atoms with E-state index in [0.29, 0.717) is 19.3 Å². The molecule has 0 fully saturated rings. The van der Waals surface area contributed by atoms with E-state index in [1.807, 2.05) is 10.7 Å². The Morgan fingerprint density at radius 2 is 1.96 bits per heavy atom. The molecule has 3 aliphatic rings. The number of imidazole rings is 1. The van der Waals surface area contributed by atoms with Gasteiger partial charge in [0.05, 0.1) is 11.0 Å². The molecular formula is C19H21N9. The Hall–Kier alpha value is -3.36. The largest absolute Gasteiger partial charge is 0.335 e. The maximum atomic E-state index is 4.98. The third-order valence-electron chi connectivity index (χ3n) is 5.81. The Morgan fingerprint density at radius 3 is 2.82 bits per heavy atom. The van der Waals surface area contributed by atoms with Crippen LogP contribution in [0, 0.1) is 5.92 Å². The van der Waals surface area contributed by atoms with Gasteiger partial charge in [-0.05, 0) is 31.4 Å². The smallest absolute Gasteiger partial charge is 0.216 e. The molecule has 0 amide bonds. The average Bonchev–Trinajstić information content (AvgIpc) is 3.42. The molecule has 9 nitrogen and oxygen atoms in total. The van der Waals surface area contributed by atoms with Gasteiger partial charge in [0.1, 0.15) is 32.2 Å². The molecule has 2 atom stereocenters. The monoisotopic (exact) mass is 375 g/mol. The standard InChI is InChI=1S/C19H21N9/c1-2-6-14(7-3-1)17-24-18-20-10-26(25-11-21-22-12-25)13-27(18)19-23-15-8-4-5-9-16(15)28(17)19/h1-2,4-5,8-9,11-12,14,17H,3,6-7,10,13H2,(H,20,24). The van der Waals surface area contributed by atoms with Gasteiger partial charge < -0.3 is 5.32 Å². The van der Waals surface area contributed by atoms with Crippen molar-refractivity contribution in [3.05, 3.63) is 49.1 Å². The van der Waals surface area contributed by atoms with Crippen LogP contribution in [0.1, 0.15) is 25.4 Å². The summed E-state index contributed by atoms with van der Waals surface area (Å²) >= 11 is 0. The third kappa shape index (κ3) is 2.32. The second-order valence-corrected chi connectivity index (χ2v) is 7.45. The Morgan fingerprint density at radius 1 is 1.07 bits per heavy atom. The molecule has 0 bridgehead atoms. The molecule has 2 aliphatic heterocycles. The van der Waals surface area contributed by atoms with Gasteiger partial charge in [-0.15, -0.1) is 10.2 Å². The molecule has 4 heterocycles. The molecule has 1 aliphatic carbocycles. The zero-order valence-corrected chi connectivity index (χ0v) is 15.4. The molecular weight excluding hydrogens is 354 g/mol. The van der Waals surface area contributed by atoms with E-state index in [0.717, 1.165) is 35.8 Å². The first-order chi connectivity index (χ1) is 13.9. The summed E-state index contributed by atoms with van der Waals surface area (Å²) in [5.41, 5.74) is 2.17. The molecule has 6 rings (SSSR count). The summed E-state index contributed by atoms with van der Waals surface area (Å²) in [7, 11) is 0. The molecule has 2 aromatic heterocycles. The van der Waals surface area contributed by atoms with E-state index in [2.05, 4.69) is 60.3 Å². The van der Waals surface area contributed by atoms with Crippen molar-refractivity contribution in [1.29, 1.82) is 0 Å². The van der Waals surface area contributed by atoms with Gasteiger partial charge in [-0.25, -0.2) is 14.7 Å². The minimum absolute atomic E-state index is 0.156. The van der Waals surface area contributed by atoms with E-state index in [1.54, 1.807) is 12.7 Å². The number of aromatic nitrogens is 5. The predicted octanol–water partition coefficient (Wildman–Crippen LogP) is 1.82. The van der Waals surface area contributed by atoms with Crippen molar-refractivity contribution in [3.63, 3.8) is 0 Å². The first-order valence-electron chi connectivity index (χ1n) is 9.69. The fourth-order valence-electron chi connectivity index (χ4n) is 4.40. The minimum Gasteiger partial charge on any atom is -0.335 e. The van der Waals surface area contributed by atoms with Crippen molar-refractivity contribution in [2.24, 2.45) is 10.9 Å². The van der Waals surface area contributed by atoms with Crippen molar-refractivity contribution < 1.29 is 0 Å². The van der Waals surface area contributed by atoms with Crippen molar-refractivity contribution in [1.82, 2.24) is 29.7 Å². The number of hydrogen-bond acceptors (Lipinski definition) is 7. The molecule has 0 saturated carbocycles. The molecule has 9 heteroatoms. The Kier molecular flexibility index (Phi) is 3.40. The van der Waals surface area contributed by atoms with E-state index < -0.39 is 0 Å². The van der Waals surface area contributed by atoms with Crippen LogP contribution in [0.5, 0.6) is 0 Å². The summed E-state index contributed by atoms with van der Waals surface area (Å²) in [5, 5.41) is 13.6. The minimum atomic E-state index is 0.156. The van der Waals surface area contributed by atoms with Crippen molar-refractivity contribution in [2.45, 2.75) is 25.4 Å². The second kappa shape index (κ2) is 6.08. The van der Waals surface area contributed by atoms with Crippen LogP contribution in [0.4, 0.5) is 5.95 Å². The number of benzene rings is 1. The number of rotatable bonds is 2. The molecule has 0 spiro atoms. The van der Waals surface area contributed by atoms with E-state index >= 15 is 0 Å². The van der Waals surface area contributed by atoms with E-state index in [9.17, 15) is 0 Å². The number of para-hydroxylation sites is 2. The van der Waals surface area contributed by atoms with Crippen LogP contribution < -0.4 is 15.2 Å². The molecule has 1 aromatic carbocycles. The zero-order valence-electron chi connectivity index (χ0n) is 15.4. The van der Waals surface area contributed by atoms with Gasteiger partial charge in [0.15, 0.2) is 0 Å². The van der Waals surface area contributed by atoms with E-state index in [-0.39, 0.29) is 6.17 Å². The van der Waals surface area contributed by atoms with Crippen LogP contribution in [-0.4, -0.2) is 43.7 Å². The van der Waals surface area contributed by atoms with Crippen LogP contribution in [0.2, 0.25) is 0 Å². The maximum Gasteiger partial charge on any atom is 0.216 e. The van der Waals surface area contributed by atoms with Crippen LogP contribution in [0.25, 0.3) is 11.0 Å². The molecule has 3 aromatic rings. The Balaban J connectivity index is 1.47. The van der Waals surface area contributed by atoms with Crippen LogP contribution >= 0.6 is 0 Å². The molecule has 0 radical (unpaired) electrons. The van der Waals surface area contributed by atoms with Crippen LogP contribution in [0.15, 0.2) is 54.1 Å². The SMILES string of the molecule is C1=CCC(C2NC3=NCN(n4cnnc4)CN3c3nc4ccccc4n32)CC1. The first-order valence-corrected chi connectivity index (χ1v) is 9.69. The lowest BCUT2D eigenvalue weighted by atomic mass is 9.91. The predicted molar refractivity (Wildman–Crippen MR) is 106 cm³/mol. The molecule has 1 N–H and O–H groups in total. The average molecular weight is 375 g/mol. The van der Waals surface area contributed by atoms with Crippen molar-refractivity contribution in [3.8, 4) is 0 Å². The highest BCUT2D eigenvalue weighted by molar-refractivity contribution is 5.98. The van der Waals surface area contributed by atoms with Gasteiger partial charge in [-0.3, -0.25) is 14.5 Å². The fraction of sp³-hybridized carbons (Fsp3) is 0.368. The summed E-state index contributed by atoms with van der Waals surface area (Å²) in [6.07, 6.45) is 11.5. The number of nitrogens with zero attached hydrogens (tertiary/aromatic N) is 8. The van der Waals surface area contributed by atoms with Gasteiger partial charge in [0.25, 0.3) is 0 Å². The molecule has 142 valence electrons. The quantitative estimate of drug-likeness (QED) is 0.689. The van der Waals surface area contributed by atoms with Crippen molar-refractivity contribution >= 4 is 22.9 Å². The summed E-state index contributed by atoms with van der Waals surface area (Å²) in [6.45, 7) is 1.18. The number of aliphatic imine (C=N–C) groups is 1. The number of nitrogens with one attached hydrogen (secondary N) is 1. The lowest BCUT2D eigenvalue weighted by Gasteiger charge is -2.44. The van der Waals surface area contributed by atoms with E-state index in [1.165, 1.54) is 6.42 Å². The number of anilines is 1.